The Morgan fingerprint density at radius 3 is 2.96 bits per heavy atom. The molecule has 3 heterocycles. The molecule has 0 spiro atoms. The van der Waals surface area contributed by atoms with E-state index in [1.807, 2.05) is 29.3 Å². The SMILES string of the molecule is Cn1cc(C[C@@H]2[C@H](OCC3CC3)CCN2Cc2cccs2)cn1. The topological polar surface area (TPSA) is 30.3 Å². The molecule has 0 aromatic carbocycles. The molecule has 1 saturated carbocycles. The molecular weight excluding hydrogens is 306 g/mol. The van der Waals surface area contributed by atoms with Crippen LogP contribution in [0.4, 0.5) is 0 Å². The fourth-order valence-corrected chi connectivity index (χ4v) is 4.23. The van der Waals surface area contributed by atoms with Gasteiger partial charge in [0, 0.05) is 43.9 Å². The lowest BCUT2D eigenvalue weighted by atomic mass is 10.0. The maximum absolute atomic E-state index is 6.30. The Bertz CT molecular complexity index is 620. The third-order valence-corrected chi connectivity index (χ3v) is 5.85. The van der Waals surface area contributed by atoms with Crippen molar-refractivity contribution in [3.05, 3.63) is 40.3 Å². The molecule has 0 unspecified atom stereocenters. The number of likely N-dealkylation sites (tertiary alicyclic amines) is 1. The van der Waals surface area contributed by atoms with E-state index in [-0.39, 0.29) is 0 Å². The highest BCUT2D eigenvalue weighted by atomic mass is 32.1. The molecule has 2 aromatic heterocycles. The van der Waals surface area contributed by atoms with Gasteiger partial charge in [0.05, 0.1) is 12.3 Å². The summed E-state index contributed by atoms with van der Waals surface area (Å²) in [5.74, 6) is 0.834. The third-order valence-electron chi connectivity index (χ3n) is 4.98. The zero-order valence-electron chi connectivity index (χ0n) is 13.7. The first-order valence-electron chi connectivity index (χ1n) is 8.63. The molecule has 0 amide bonds. The van der Waals surface area contributed by atoms with Crippen LogP contribution in [-0.4, -0.2) is 40.0 Å². The van der Waals surface area contributed by atoms with E-state index < -0.39 is 0 Å². The van der Waals surface area contributed by atoms with Crippen molar-refractivity contribution in [1.82, 2.24) is 14.7 Å². The highest BCUT2D eigenvalue weighted by Crippen LogP contribution is 2.32. The van der Waals surface area contributed by atoms with Crippen molar-refractivity contribution in [3.8, 4) is 0 Å². The average molecular weight is 331 g/mol. The van der Waals surface area contributed by atoms with Gasteiger partial charge in [-0.2, -0.15) is 5.10 Å². The van der Waals surface area contributed by atoms with Crippen LogP contribution in [-0.2, 0) is 24.8 Å². The lowest BCUT2D eigenvalue weighted by Gasteiger charge is -2.27. The number of thiophene rings is 1. The van der Waals surface area contributed by atoms with E-state index in [4.69, 9.17) is 4.74 Å². The fourth-order valence-electron chi connectivity index (χ4n) is 3.50. The molecule has 1 aliphatic heterocycles. The molecule has 2 aromatic rings. The van der Waals surface area contributed by atoms with Crippen LogP contribution in [0.3, 0.4) is 0 Å². The molecule has 0 radical (unpaired) electrons. The van der Waals surface area contributed by atoms with Crippen LogP contribution in [0, 0.1) is 5.92 Å². The standard InChI is InChI=1S/C18H25N3OS/c1-20-11-15(10-19-20)9-17-18(22-13-14-4-5-14)6-7-21(17)12-16-3-2-8-23-16/h2-3,8,10-11,14,17-18H,4-7,9,12-13H2,1H3/t17-,18-/m1/s1. The number of hydrogen-bond donors (Lipinski definition) is 0. The summed E-state index contributed by atoms with van der Waals surface area (Å²) in [6.45, 7) is 3.14. The Morgan fingerprint density at radius 2 is 2.26 bits per heavy atom. The summed E-state index contributed by atoms with van der Waals surface area (Å²) >= 11 is 1.85. The molecule has 2 fully saturated rings. The summed E-state index contributed by atoms with van der Waals surface area (Å²) in [5.41, 5.74) is 1.32. The maximum Gasteiger partial charge on any atom is 0.0745 e. The van der Waals surface area contributed by atoms with Gasteiger partial charge in [0.15, 0.2) is 0 Å². The predicted octanol–water partition coefficient (Wildman–Crippen LogP) is 3.09. The molecule has 2 atom stereocenters. The van der Waals surface area contributed by atoms with Gasteiger partial charge in [-0.15, -0.1) is 11.3 Å². The van der Waals surface area contributed by atoms with Crippen LogP contribution in [0.25, 0.3) is 0 Å². The second kappa shape index (κ2) is 6.75. The first-order valence-corrected chi connectivity index (χ1v) is 9.51. The monoisotopic (exact) mass is 331 g/mol. The maximum atomic E-state index is 6.30. The molecule has 0 bridgehead atoms. The van der Waals surface area contributed by atoms with Crippen LogP contribution < -0.4 is 0 Å². The molecule has 1 aliphatic carbocycles. The summed E-state index contributed by atoms with van der Waals surface area (Å²) in [7, 11) is 1.99. The highest BCUT2D eigenvalue weighted by Gasteiger charge is 2.36. The molecule has 1 saturated heterocycles. The molecular formula is C18H25N3OS. The van der Waals surface area contributed by atoms with Gasteiger partial charge < -0.3 is 4.74 Å². The predicted molar refractivity (Wildman–Crippen MR) is 92.5 cm³/mol. The normalized spacial score (nSPS) is 25.3. The first-order chi connectivity index (χ1) is 11.3. The third kappa shape index (κ3) is 3.84. The summed E-state index contributed by atoms with van der Waals surface area (Å²) < 4.78 is 8.20. The van der Waals surface area contributed by atoms with Crippen molar-refractivity contribution < 1.29 is 4.74 Å². The van der Waals surface area contributed by atoms with Gasteiger partial charge in [-0.05, 0) is 48.6 Å². The quantitative estimate of drug-likeness (QED) is 0.781. The number of nitrogens with zero attached hydrogens (tertiary/aromatic N) is 3. The molecule has 5 heteroatoms. The smallest absolute Gasteiger partial charge is 0.0745 e. The van der Waals surface area contributed by atoms with E-state index in [1.54, 1.807) is 0 Å². The van der Waals surface area contributed by atoms with E-state index in [9.17, 15) is 0 Å². The van der Waals surface area contributed by atoms with Crippen LogP contribution in [0.2, 0.25) is 0 Å². The highest BCUT2D eigenvalue weighted by molar-refractivity contribution is 7.09. The van der Waals surface area contributed by atoms with Crippen molar-refractivity contribution in [2.45, 2.75) is 44.4 Å². The average Bonchev–Trinajstić information content (AvgIpc) is 2.92. The van der Waals surface area contributed by atoms with Crippen molar-refractivity contribution in [2.75, 3.05) is 13.2 Å². The van der Waals surface area contributed by atoms with Crippen LogP contribution in [0.15, 0.2) is 29.9 Å². The zero-order chi connectivity index (χ0) is 15.6. The Labute approximate surface area is 142 Å². The molecule has 2 aliphatic rings. The summed E-state index contributed by atoms with van der Waals surface area (Å²) in [4.78, 5) is 4.06. The second-order valence-corrected chi connectivity index (χ2v) is 7.98. The van der Waals surface area contributed by atoms with Gasteiger partial charge in [0.2, 0.25) is 0 Å². The van der Waals surface area contributed by atoms with Crippen LogP contribution in [0.1, 0.15) is 29.7 Å². The number of aromatic nitrogens is 2. The fraction of sp³-hybridized carbons (Fsp3) is 0.611. The van der Waals surface area contributed by atoms with Gasteiger partial charge >= 0.3 is 0 Å². The number of ether oxygens (including phenoxy) is 1. The van der Waals surface area contributed by atoms with Gasteiger partial charge in [0.25, 0.3) is 0 Å². The lowest BCUT2D eigenvalue weighted by Crippen LogP contribution is -2.38. The number of hydrogen-bond acceptors (Lipinski definition) is 4. The van der Waals surface area contributed by atoms with Crippen molar-refractivity contribution in [1.29, 1.82) is 0 Å². The van der Waals surface area contributed by atoms with E-state index in [1.165, 1.54) is 23.3 Å². The molecule has 4 nitrogen and oxygen atoms in total. The summed E-state index contributed by atoms with van der Waals surface area (Å²) in [5, 5.41) is 6.50. The number of aryl methyl sites for hydroxylation is 1. The van der Waals surface area contributed by atoms with Crippen molar-refractivity contribution in [3.63, 3.8) is 0 Å². The molecule has 4 rings (SSSR count). The minimum Gasteiger partial charge on any atom is -0.376 e. The van der Waals surface area contributed by atoms with Gasteiger partial charge in [0.1, 0.15) is 0 Å². The Morgan fingerprint density at radius 1 is 1.35 bits per heavy atom. The summed E-state index contributed by atoms with van der Waals surface area (Å²) in [6, 6.07) is 4.86. The van der Waals surface area contributed by atoms with Gasteiger partial charge in [-0.25, -0.2) is 0 Å². The van der Waals surface area contributed by atoms with Gasteiger partial charge in [-0.1, -0.05) is 6.07 Å². The molecule has 0 N–H and O–H groups in total. The van der Waals surface area contributed by atoms with Crippen LogP contribution >= 0.6 is 11.3 Å². The summed E-state index contributed by atoms with van der Waals surface area (Å²) in [6.07, 6.45) is 9.42. The zero-order valence-corrected chi connectivity index (χ0v) is 14.5. The van der Waals surface area contributed by atoms with E-state index in [0.29, 0.717) is 12.1 Å². The Balaban J connectivity index is 1.45. The Kier molecular flexibility index (Phi) is 4.51. The Hall–Kier alpha value is -1.17. The van der Waals surface area contributed by atoms with Crippen molar-refractivity contribution >= 4 is 11.3 Å². The van der Waals surface area contributed by atoms with E-state index in [0.717, 1.165) is 38.5 Å². The van der Waals surface area contributed by atoms with E-state index >= 15 is 0 Å². The van der Waals surface area contributed by atoms with Crippen LogP contribution in [0.5, 0.6) is 0 Å². The first kappa shape index (κ1) is 15.4. The molecule has 23 heavy (non-hydrogen) atoms. The minimum atomic E-state index is 0.371. The van der Waals surface area contributed by atoms with Crippen molar-refractivity contribution in [2.24, 2.45) is 13.0 Å². The second-order valence-electron chi connectivity index (χ2n) is 6.95. The van der Waals surface area contributed by atoms with Gasteiger partial charge in [-0.3, -0.25) is 9.58 Å². The van der Waals surface area contributed by atoms with E-state index in [2.05, 4.69) is 33.7 Å². The molecule has 124 valence electrons. The largest absolute Gasteiger partial charge is 0.376 e. The lowest BCUT2D eigenvalue weighted by molar-refractivity contribution is 0.0198. The minimum absolute atomic E-state index is 0.371. The number of rotatable bonds is 7.